The van der Waals surface area contributed by atoms with E-state index in [4.69, 9.17) is 5.73 Å². The van der Waals surface area contributed by atoms with Crippen LogP contribution in [-0.4, -0.2) is 7.05 Å². The van der Waals surface area contributed by atoms with Crippen LogP contribution >= 0.6 is 0 Å². The highest BCUT2D eigenvalue weighted by atomic mass is 19.1. The summed E-state index contributed by atoms with van der Waals surface area (Å²) in [5, 5.41) is 0. The molecule has 0 spiro atoms. The van der Waals surface area contributed by atoms with Crippen LogP contribution in [0, 0.1) is 5.82 Å². The summed E-state index contributed by atoms with van der Waals surface area (Å²) in [6, 6.07) is 14.8. The highest BCUT2D eigenvalue weighted by molar-refractivity contribution is 5.54. The average molecular weight is 272 g/mol. The smallest absolute Gasteiger partial charge is 0.123 e. The minimum Gasteiger partial charge on any atom is -0.370 e. The summed E-state index contributed by atoms with van der Waals surface area (Å²) in [6.07, 6.45) is 0.904. The molecule has 0 unspecified atom stereocenters. The van der Waals surface area contributed by atoms with Gasteiger partial charge in [-0.15, -0.1) is 0 Å². The third-order valence-electron chi connectivity index (χ3n) is 3.52. The molecule has 0 saturated carbocycles. The number of anilines is 1. The summed E-state index contributed by atoms with van der Waals surface area (Å²) in [5.41, 5.74) is 9.53. The summed E-state index contributed by atoms with van der Waals surface area (Å²) in [5.74, 6) is -0.204. The summed E-state index contributed by atoms with van der Waals surface area (Å²) in [4.78, 5) is 2.15. The molecular formula is C17H21FN2. The predicted octanol–water partition coefficient (Wildman–Crippen LogP) is 3.87. The minimum atomic E-state index is -0.204. The van der Waals surface area contributed by atoms with Crippen LogP contribution in [0.15, 0.2) is 48.5 Å². The largest absolute Gasteiger partial charge is 0.370 e. The molecule has 3 heteroatoms. The Morgan fingerprint density at radius 1 is 1.10 bits per heavy atom. The second-order valence-corrected chi connectivity index (χ2v) is 5.06. The van der Waals surface area contributed by atoms with Crippen molar-refractivity contribution in [2.75, 3.05) is 11.9 Å². The molecule has 0 bridgehead atoms. The molecule has 2 nitrogen and oxygen atoms in total. The van der Waals surface area contributed by atoms with Crippen LogP contribution in [0.1, 0.15) is 30.5 Å². The Balaban J connectivity index is 2.20. The summed E-state index contributed by atoms with van der Waals surface area (Å²) < 4.78 is 12.9. The van der Waals surface area contributed by atoms with Crippen molar-refractivity contribution in [3.63, 3.8) is 0 Å². The van der Waals surface area contributed by atoms with Crippen molar-refractivity contribution >= 4 is 5.69 Å². The Hall–Kier alpha value is -1.87. The van der Waals surface area contributed by atoms with Crippen molar-refractivity contribution in [1.29, 1.82) is 0 Å². The summed E-state index contributed by atoms with van der Waals surface area (Å²) >= 11 is 0. The molecule has 0 saturated heterocycles. The predicted molar refractivity (Wildman–Crippen MR) is 82.2 cm³/mol. The van der Waals surface area contributed by atoms with Crippen molar-refractivity contribution in [1.82, 2.24) is 0 Å². The Labute approximate surface area is 120 Å². The van der Waals surface area contributed by atoms with Gasteiger partial charge in [-0.2, -0.15) is 0 Å². The van der Waals surface area contributed by atoms with Gasteiger partial charge < -0.3 is 10.6 Å². The van der Waals surface area contributed by atoms with E-state index >= 15 is 0 Å². The van der Waals surface area contributed by atoms with Gasteiger partial charge in [-0.3, -0.25) is 0 Å². The monoisotopic (exact) mass is 272 g/mol. The maximum Gasteiger partial charge on any atom is 0.123 e. The van der Waals surface area contributed by atoms with E-state index < -0.39 is 0 Å². The zero-order valence-corrected chi connectivity index (χ0v) is 12.0. The normalized spacial score (nSPS) is 12.2. The zero-order chi connectivity index (χ0) is 14.5. The molecule has 0 aromatic heterocycles. The summed E-state index contributed by atoms with van der Waals surface area (Å²) in [7, 11) is 2.03. The van der Waals surface area contributed by atoms with Crippen molar-refractivity contribution in [3.05, 3.63) is 65.5 Å². The number of nitrogens with two attached hydrogens (primary N) is 1. The molecule has 2 aromatic rings. The minimum absolute atomic E-state index is 0.0434. The first kappa shape index (κ1) is 14.5. The molecule has 2 N–H and O–H groups in total. The van der Waals surface area contributed by atoms with E-state index in [9.17, 15) is 4.39 Å². The lowest BCUT2D eigenvalue weighted by atomic mass is 10.0. The Bertz CT molecular complexity index is 551. The first-order valence-electron chi connectivity index (χ1n) is 6.92. The van der Waals surface area contributed by atoms with Gasteiger partial charge in [-0.1, -0.05) is 37.3 Å². The molecule has 0 fully saturated rings. The number of rotatable bonds is 5. The van der Waals surface area contributed by atoms with E-state index in [2.05, 4.69) is 24.0 Å². The van der Waals surface area contributed by atoms with Crippen LogP contribution in [0.4, 0.5) is 10.1 Å². The molecule has 0 aliphatic rings. The number of hydrogen-bond donors (Lipinski definition) is 1. The fourth-order valence-electron chi connectivity index (χ4n) is 2.32. The van der Waals surface area contributed by atoms with E-state index in [0.29, 0.717) is 0 Å². The van der Waals surface area contributed by atoms with Gasteiger partial charge in [-0.25, -0.2) is 4.39 Å². The average Bonchev–Trinajstić information content (AvgIpc) is 2.48. The highest BCUT2D eigenvalue weighted by Gasteiger charge is 2.12. The van der Waals surface area contributed by atoms with Gasteiger partial charge in [0.1, 0.15) is 5.82 Å². The van der Waals surface area contributed by atoms with E-state index in [1.807, 2.05) is 31.3 Å². The van der Waals surface area contributed by atoms with Gasteiger partial charge in [0, 0.05) is 25.3 Å². The van der Waals surface area contributed by atoms with Crippen LogP contribution in [0.3, 0.4) is 0 Å². The number of hydrogen-bond acceptors (Lipinski definition) is 2. The Morgan fingerprint density at radius 2 is 1.75 bits per heavy atom. The highest BCUT2D eigenvalue weighted by Crippen LogP contribution is 2.27. The molecule has 0 radical (unpaired) electrons. The van der Waals surface area contributed by atoms with E-state index in [-0.39, 0.29) is 11.9 Å². The number of halogens is 1. The molecular weight excluding hydrogens is 251 g/mol. The SMILES string of the molecule is CC[C@@H](N)c1ccccc1N(C)Cc1ccc(F)cc1. The van der Waals surface area contributed by atoms with Crippen LogP contribution in [0.2, 0.25) is 0 Å². The molecule has 20 heavy (non-hydrogen) atoms. The van der Waals surface area contributed by atoms with E-state index in [1.165, 1.54) is 12.1 Å². The second-order valence-electron chi connectivity index (χ2n) is 5.06. The lowest BCUT2D eigenvalue weighted by Crippen LogP contribution is -2.20. The van der Waals surface area contributed by atoms with Crippen molar-refractivity contribution in [3.8, 4) is 0 Å². The fourth-order valence-corrected chi connectivity index (χ4v) is 2.32. The lowest BCUT2D eigenvalue weighted by Gasteiger charge is -2.24. The molecule has 0 aliphatic carbocycles. The van der Waals surface area contributed by atoms with Crippen LogP contribution in [0.5, 0.6) is 0 Å². The quantitative estimate of drug-likeness (QED) is 0.895. The number of para-hydroxylation sites is 1. The van der Waals surface area contributed by atoms with Gasteiger partial charge >= 0.3 is 0 Å². The van der Waals surface area contributed by atoms with Crippen molar-refractivity contribution < 1.29 is 4.39 Å². The van der Waals surface area contributed by atoms with Gasteiger partial charge in [0.05, 0.1) is 0 Å². The first-order chi connectivity index (χ1) is 9.61. The Kier molecular flexibility index (Phi) is 4.74. The first-order valence-corrected chi connectivity index (χ1v) is 6.92. The van der Waals surface area contributed by atoms with Crippen LogP contribution in [-0.2, 0) is 6.54 Å². The second kappa shape index (κ2) is 6.53. The molecule has 2 rings (SSSR count). The van der Waals surface area contributed by atoms with Crippen molar-refractivity contribution in [2.24, 2.45) is 5.73 Å². The van der Waals surface area contributed by atoms with Crippen molar-refractivity contribution in [2.45, 2.75) is 25.9 Å². The maximum atomic E-state index is 12.9. The molecule has 2 aromatic carbocycles. The van der Waals surface area contributed by atoms with Gasteiger partial charge in [0.2, 0.25) is 0 Å². The molecule has 106 valence electrons. The maximum absolute atomic E-state index is 12.9. The molecule has 1 atom stereocenters. The van der Waals surface area contributed by atoms with E-state index in [0.717, 1.165) is 29.8 Å². The topological polar surface area (TPSA) is 29.3 Å². The molecule has 0 amide bonds. The van der Waals surface area contributed by atoms with Crippen LogP contribution < -0.4 is 10.6 Å². The number of benzene rings is 2. The fraction of sp³-hybridized carbons (Fsp3) is 0.294. The third kappa shape index (κ3) is 3.36. The summed E-state index contributed by atoms with van der Waals surface area (Å²) in [6.45, 7) is 2.81. The van der Waals surface area contributed by atoms with Gasteiger partial charge in [-0.05, 0) is 35.7 Å². The standard InChI is InChI=1S/C17H21FN2/c1-3-16(19)15-6-4-5-7-17(15)20(2)12-13-8-10-14(18)11-9-13/h4-11,16H,3,12,19H2,1-2H3/t16-/m1/s1. The van der Waals surface area contributed by atoms with Gasteiger partial charge in [0.15, 0.2) is 0 Å². The zero-order valence-electron chi connectivity index (χ0n) is 12.0. The van der Waals surface area contributed by atoms with Crippen LogP contribution in [0.25, 0.3) is 0 Å². The Morgan fingerprint density at radius 3 is 2.40 bits per heavy atom. The third-order valence-corrected chi connectivity index (χ3v) is 3.52. The number of nitrogens with zero attached hydrogens (tertiary/aromatic N) is 1. The molecule has 0 aliphatic heterocycles. The van der Waals surface area contributed by atoms with Gasteiger partial charge in [0.25, 0.3) is 0 Å². The molecule has 0 heterocycles. The lowest BCUT2D eigenvalue weighted by molar-refractivity contribution is 0.627. The van der Waals surface area contributed by atoms with E-state index in [1.54, 1.807) is 0 Å².